The number of rotatable bonds is 9. The van der Waals surface area contributed by atoms with E-state index in [1.807, 2.05) is 0 Å². The number of likely N-dealkylation sites (N-methyl/N-ethyl adjacent to an activating group) is 1. The molecule has 1 aliphatic rings. The van der Waals surface area contributed by atoms with Crippen LogP contribution in [0.15, 0.2) is 30.5 Å². The fourth-order valence-corrected chi connectivity index (χ4v) is 4.09. The Hall–Kier alpha value is -2.67. The molecule has 162 valence electrons. The van der Waals surface area contributed by atoms with E-state index in [2.05, 4.69) is 39.6 Å². The highest BCUT2D eigenvalue weighted by Crippen LogP contribution is 2.33. The molecule has 7 heteroatoms. The average molecular weight is 412 g/mol. The molecule has 1 aromatic carbocycles. The predicted molar refractivity (Wildman–Crippen MR) is 119 cm³/mol. The lowest BCUT2D eigenvalue weighted by Gasteiger charge is -2.21. The number of nitrogens with one attached hydrogen (secondary N) is 3. The van der Waals surface area contributed by atoms with E-state index in [9.17, 15) is 9.59 Å². The molecule has 3 N–H and O–H groups in total. The molecule has 1 saturated carbocycles. The normalized spacial score (nSPS) is 14.6. The van der Waals surface area contributed by atoms with E-state index in [0.29, 0.717) is 29.3 Å². The Bertz CT molecular complexity index is 838. The molecule has 1 fully saturated rings. The first kappa shape index (κ1) is 22.0. The number of nitrogens with zero attached hydrogens (tertiary/aromatic N) is 2. The molecule has 0 aliphatic heterocycles. The third-order valence-corrected chi connectivity index (χ3v) is 5.92. The number of carbonyl (C=O) groups is 2. The maximum atomic E-state index is 12.9. The second kappa shape index (κ2) is 10.9. The van der Waals surface area contributed by atoms with Crippen molar-refractivity contribution in [3.05, 3.63) is 47.3 Å². The molecule has 30 heavy (non-hydrogen) atoms. The van der Waals surface area contributed by atoms with Gasteiger partial charge in [0.1, 0.15) is 0 Å². The molecule has 0 unspecified atom stereocenters. The Morgan fingerprint density at radius 3 is 2.63 bits per heavy atom. The van der Waals surface area contributed by atoms with Gasteiger partial charge in [-0.1, -0.05) is 39.2 Å². The molecule has 3 rings (SSSR count). The quantitative estimate of drug-likeness (QED) is 0.586. The molecule has 0 bridgehead atoms. The van der Waals surface area contributed by atoms with Crippen molar-refractivity contribution in [1.82, 2.24) is 20.4 Å². The van der Waals surface area contributed by atoms with E-state index in [1.165, 1.54) is 19.3 Å². The molecule has 0 saturated heterocycles. The molecule has 2 amide bonds. The van der Waals surface area contributed by atoms with Gasteiger partial charge in [-0.15, -0.1) is 0 Å². The Labute approximate surface area is 178 Å². The third kappa shape index (κ3) is 5.69. The van der Waals surface area contributed by atoms with Crippen molar-refractivity contribution in [3.63, 3.8) is 0 Å². The monoisotopic (exact) mass is 411 g/mol. The summed E-state index contributed by atoms with van der Waals surface area (Å²) in [5.74, 6) is 0.0396. The van der Waals surface area contributed by atoms with Gasteiger partial charge in [-0.3, -0.25) is 14.7 Å². The van der Waals surface area contributed by atoms with Crippen LogP contribution in [-0.4, -0.2) is 53.1 Å². The van der Waals surface area contributed by atoms with Crippen LogP contribution in [0, 0.1) is 0 Å². The summed E-state index contributed by atoms with van der Waals surface area (Å²) in [6.07, 6.45) is 7.42. The number of carbonyl (C=O) groups excluding carboxylic acids is 2. The van der Waals surface area contributed by atoms with E-state index >= 15 is 0 Å². The van der Waals surface area contributed by atoms with Crippen molar-refractivity contribution in [2.45, 2.75) is 51.9 Å². The van der Waals surface area contributed by atoms with Gasteiger partial charge in [-0.25, -0.2) is 0 Å². The maximum absolute atomic E-state index is 12.9. The summed E-state index contributed by atoms with van der Waals surface area (Å²) in [6, 6.07) is 7.05. The van der Waals surface area contributed by atoms with Crippen LogP contribution in [0.25, 0.3) is 0 Å². The van der Waals surface area contributed by atoms with Crippen LogP contribution in [0.3, 0.4) is 0 Å². The first-order chi connectivity index (χ1) is 14.6. The third-order valence-electron chi connectivity index (χ3n) is 5.92. The van der Waals surface area contributed by atoms with E-state index in [0.717, 1.165) is 38.2 Å². The predicted octanol–water partition coefficient (Wildman–Crippen LogP) is 3.78. The van der Waals surface area contributed by atoms with Gasteiger partial charge >= 0.3 is 0 Å². The summed E-state index contributed by atoms with van der Waals surface area (Å²) < 4.78 is 0. The lowest BCUT2D eigenvalue weighted by atomic mass is 9.85. The van der Waals surface area contributed by atoms with Crippen LogP contribution >= 0.6 is 0 Å². The zero-order chi connectivity index (χ0) is 21.3. The summed E-state index contributed by atoms with van der Waals surface area (Å²) in [5.41, 5.74) is 2.66. The van der Waals surface area contributed by atoms with E-state index in [-0.39, 0.29) is 11.8 Å². The number of hydrogen-bond acceptors (Lipinski definition) is 4. The van der Waals surface area contributed by atoms with Gasteiger partial charge in [-0.2, -0.15) is 5.10 Å². The van der Waals surface area contributed by atoms with Crippen molar-refractivity contribution in [1.29, 1.82) is 0 Å². The lowest BCUT2D eigenvalue weighted by molar-refractivity contribution is 0.0947. The first-order valence-electron chi connectivity index (χ1n) is 11.1. The zero-order valence-electron chi connectivity index (χ0n) is 18.0. The number of anilines is 1. The highest BCUT2D eigenvalue weighted by molar-refractivity contribution is 6.05. The van der Waals surface area contributed by atoms with Crippen molar-refractivity contribution in [3.8, 4) is 0 Å². The van der Waals surface area contributed by atoms with E-state index < -0.39 is 0 Å². The maximum Gasteiger partial charge on any atom is 0.259 e. The fraction of sp³-hybridized carbons (Fsp3) is 0.522. The topological polar surface area (TPSA) is 90.1 Å². The van der Waals surface area contributed by atoms with Crippen molar-refractivity contribution >= 4 is 17.5 Å². The van der Waals surface area contributed by atoms with Gasteiger partial charge in [0.25, 0.3) is 11.8 Å². The molecule has 7 nitrogen and oxygen atoms in total. The summed E-state index contributed by atoms with van der Waals surface area (Å²) >= 11 is 0. The second-order valence-corrected chi connectivity index (χ2v) is 7.85. The summed E-state index contributed by atoms with van der Waals surface area (Å²) in [6.45, 7) is 7.56. The van der Waals surface area contributed by atoms with Crippen LogP contribution in [0.1, 0.15) is 78.3 Å². The van der Waals surface area contributed by atoms with Crippen LogP contribution in [0.5, 0.6) is 0 Å². The SMILES string of the molecule is CCN(CC)CCNC(=O)c1cccc(NC(=O)c2cn[nH]c2C2CCCCC2)c1. The Morgan fingerprint density at radius 1 is 1.13 bits per heavy atom. The standard InChI is InChI=1S/C23H33N5O2/c1-3-28(4-2)14-13-24-22(29)18-11-8-12-19(15-18)26-23(30)20-16-25-27-21(20)17-9-6-5-7-10-17/h8,11-12,15-17H,3-7,9-10,13-14H2,1-2H3,(H,24,29)(H,25,27)(H,26,30). The minimum absolute atomic E-state index is 0.135. The van der Waals surface area contributed by atoms with Crippen molar-refractivity contribution in [2.24, 2.45) is 0 Å². The Morgan fingerprint density at radius 2 is 1.90 bits per heavy atom. The van der Waals surface area contributed by atoms with Crippen LogP contribution < -0.4 is 10.6 Å². The molecule has 0 radical (unpaired) electrons. The highest BCUT2D eigenvalue weighted by atomic mass is 16.2. The van der Waals surface area contributed by atoms with Gasteiger partial charge in [0, 0.05) is 30.3 Å². The van der Waals surface area contributed by atoms with Crippen LogP contribution in [0.4, 0.5) is 5.69 Å². The fourth-order valence-electron chi connectivity index (χ4n) is 4.09. The van der Waals surface area contributed by atoms with Crippen LogP contribution in [-0.2, 0) is 0 Å². The summed E-state index contributed by atoms with van der Waals surface area (Å²) in [5, 5.41) is 13.0. The minimum Gasteiger partial charge on any atom is -0.351 e. The molecule has 1 heterocycles. The van der Waals surface area contributed by atoms with E-state index in [1.54, 1.807) is 30.5 Å². The number of benzene rings is 1. The second-order valence-electron chi connectivity index (χ2n) is 7.85. The number of hydrogen-bond donors (Lipinski definition) is 3. The van der Waals surface area contributed by atoms with Gasteiger partial charge < -0.3 is 15.5 Å². The number of aromatic amines is 1. The largest absolute Gasteiger partial charge is 0.351 e. The van der Waals surface area contributed by atoms with Crippen molar-refractivity contribution in [2.75, 3.05) is 31.5 Å². The minimum atomic E-state index is -0.191. The van der Waals surface area contributed by atoms with Crippen molar-refractivity contribution < 1.29 is 9.59 Å². The number of H-pyrrole nitrogens is 1. The van der Waals surface area contributed by atoms with Gasteiger partial charge in [-0.05, 0) is 44.1 Å². The first-order valence-corrected chi connectivity index (χ1v) is 11.1. The molecule has 2 aromatic rings. The van der Waals surface area contributed by atoms with Gasteiger partial charge in [0.05, 0.1) is 17.5 Å². The molecular formula is C23H33N5O2. The zero-order valence-corrected chi connectivity index (χ0v) is 18.0. The molecule has 1 aliphatic carbocycles. The lowest BCUT2D eigenvalue weighted by Crippen LogP contribution is -2.34. The summed E-state index contributed by atoms with van der Waals surface area (Å²) in [7, 11) is 0. The Kier molecular flexibility index (Phi) is 8.02. The van der Waals surface area contributed by atoms with Gasteiger partial charge in [0.2, 0.25) is 0 Å². The number of amides is 2. The molecule has 0 spiro atoms. The number of aromatic nitrogens is 2. The van der Waals surface area contributed by atoms with Crippen LogP contribution in [0.2, 0.25) is 0 Å². The Balaban J connectivity index is 1.61. The molecule has 0 atom stereocenters. The molecule has 1 aromatic heterocycles. The highest BCUT2D eigenvalue weighted by Gasteiger charge is 2.23. The summed E-state index contributed by atoms with van der Waals surface area (Å²) in [4.78, 5) is 27.6. The molecular weight excluding hydrogens is 378 g/mol. The smallest absolute Gasteiger partial charge is 0.259 e. The average Bonchev–Trinajstić information content (AvgIpc) is 3.27. The van der Waals surface area contributed by atoms with Gasteiger partial charge in [0.15, 0.2) is 0 Å². The van der Waals surface area contributed by atoms with E-state index in [4.69, 9.17) is 0 Å².